The van der Waals surface area contributed by atoms with E-state index >= 15 is 0 Å². The van der Waals surface area contributed by atoms with Crippen molar-refractivity contribution in [2.75, 3.05) is 37.8 Å². The number of carbonyl (C=O) groups is 1. The second kappa shape index (κ2) is 7.01. The third-order valence-corrected chi connectivity index (χ3v) is 4.82. The van der Waals surface area contributed by atoms with Crippen LogP contribution in [0.3, 0.4) is 0 Å². The predicted octanol–water partition coefficient (Wildman–Crippen LogP) is -0.547. The molecule has 22 heavy (non-hydrogen) atoms. The fourth-order valence-electron chi connectivity index (χ4n) is 2.32. The summed E-state index contributed by atoms with van der Waals surface area (Å²) in [6, 6.07) is 1.73. The monoisotopic (exact) mass is 327 g/mol. The summed E-state index contributed by atoms with van der Waals surface area (Å²) >= 11 is 0. The number of anilines is 1. The van der Waals surface area contributed by atoms with Gasteiger partial charge in [-0.3, -0.25) is 4.79 Å². The maximum absolute atomic E-state index is 11.9. The molecule has 0 saturated carbocycles. The third-order valence-electron chi connectivity index (χ3n) is 3.55. The summed E-state index contributed by atoms with van der Waals surface area (Å²) in [6.07, 6.45) is 6.23. The van der Waals surface area contributed by atoms with Crippen LogP contribution in [-0.2, 0) is 14.8 Å². The minimum atomic E-state index is -3.35. The average molecular weight is 327 g/mol. The van der Waals surface area contributed by atoms with Crippen LogP contribution < -0.4 is 10.2 Å². The lowest BCUT2D eigenvalue weighted by molar-refractivity contribution is -0.121. The Bertz CT molecular complexity index is 607. The van der Waals surface area contributed by atoms with E-state index in [1.807, 2.05) is 4.90 Å². The zero-order valence-corrected chi connectivity index (χ0v) is 13.6. The van der Waals surface area contributed by atoms with Gasteiger partial charge in [0.1, 0.15) is 0 Å². The van der Waals surface area contributed by atoms with Crippen molar-refractivity contribution in [1.29, 1.82) is 0 Å². The summed E-state index contributed by atoms with van der Waals surface area (Å²) < 4.78 is 23.7. The quantitative estimate of drug-likeness (QED) is 0.780. The molecule has 8 nitrogen and oxygen atoms in total. The lowest BCUT2D eigenvalue weighted by atomic mass is 10.1. The molecule has 1 amide bonds. The molecule has 1 aromatic rings. The minimum Gasteiger partial charge on any atom is -0.350 e. The first-order valence-corrected chi connectivity index (χ1v) is 8.94. The fourth-order valence-corrected chi connectivity index (χ4v) is 2.68. The molecular formula is C13H21N5O3S. The van der Waals surface area contributed by atoms with Crippen LogP contribution in [0, 0.1) is 0 Å². The van der Waals surface area contributed by atoms with E-state index in [9.17, 15) is 13.2 Å². The number of piperidine rings is 1. The van der Waals surface area contributed by atoms with Crippen molar-refractivity contribution in [2.45, 2.75) is 18.9 Å². The highest BCUT2D eigenvalue weighted by Crippen LogP contribution is 2.15. The smallest absolute Gasteiger partial charge is 0.235 e. The van der Waals surface area contributed by atoms with Gasteiger partial charge in [0.25, 0.3) is 0 Å². The number of amides is 1. The summed E-state index contributed by atoms with van der Waals surface area (Å²) in [5.41, 5.74) is 0. The van der Waals surface area contributed by atoms with E-state index in [4.69, 9.17) is 0 Å². The van der Waals surface area contributed by atoms with Gasteiger partial charge in [-0.1, -0.05) is 0 Å². The van der Waals surface area contributed by atoms with Crippen LogP contribution in [0.4, 0.5) is 5.95 Å². The van der Waals surface area contributed by atoms with Crippen LogP contribution in [0.15, 0.2) is 18.5 Å². The zero-order chi connectivity index (χ0) is 16.2. The molecule has 0 unspecified atom stereocenters. The molecule has 1 aromatic heterocycles. The molecule has 0 bridgehead atoms. The molecule has 0 aliphatic carbocycles. The number of likely N-dealkylation sites (N-methyl/N-ethyl adjacent to an activating group) is 1. The summed E-state index contributed by atoms with van der Waals surface area (Å²) in [6.45, 7) is 1.30. The van der Waals surface area contributed by atoms with Crippen LogP contribution >= 0.6 is 0 Å². The van der Waals surface area contributed by atoms with Gasteiger partial charge in [0.2, 0.25) is 21.9 Å². The van der Waals surface area contributed by atoms with Gasteiger partial charge in [-0.15, -0.1) is 0 Å². The molecule has 9 heteroatoms. The van der Waals surface area contributed by atoms with E-state index in [1.54, 1.807) is 18.5 Å². The van der Waals surface area contributed by atoms with E-state index in [0.717, 1.165) is 29.9 Å². The SMILES string of the molecule is CN(CC(=O)N[C@@H]1CCCN(c2ncccn2)C1)S(C)(=O)=O. The van der Waals surface area contributed by atoms with Gasteiger partial charge in [0.05, 0.1) is 12.8 Å². The highest BCUT2D eigenvalue weighted by atomic mass is 32.2. The summed E-state index contributed by atoms with van der Waals surface area (Å²) in [5, 5.41) is 2.88. The Kier molecular flexibility index (Phi) is 5.30. The lowest BCUT2D eigenvalue weighted by Crippen LogP contribution is -2.50. The summed E-state index contributed by atoms with van der Waals surface area (Å²) in [5.74, 6) is 0.350. The number of hydrogen-bond acceptors (Lipinski definition) is 6. The van der Waals surface area contributed by atoms with E-state index in [1.165, 1.54) is 7.05 Å². The highest BCUT2D eigenvalue weighted by Gasteiger charge is 2.24. The maximum Gasteiger partial charge on any atom is 0.235 e. The highest BCUT2D eigenvalue weighted by molar-refractivity contribution is 7.88. The largest absolute Gasteiger partial charge is 0.350 e. The van der Waals surface area contributed by atoms with Gasteiger partial charge in [0.15, 0.2) is 0 Å². The molecule has 1 aliphatic rings. The van der Waals surface area contributed by atoms with Crippen molar-refractivity contribution >= 4 is 21.9 Å². The Balaban J connectivity index is 1.89. The lowest BCUT2D eigenvalue weighted by Gasteiger charge is -2.33. The number of aromatic nitrogens is 2. The first-order valence-electron chi connectivity index (χ1n) is 7.09. The van der Waals surface area contributed by atoms with Crippen molar-refractivity contribution in [3.63, 3.8) is 0 Å². The number of nitrogens with zero attached hydrogens (tertiary/aromatic N) is 4. The average Bonchev–Trinajstić information content (AvgIpc) is 2.47. The van der Waals surface area contributed by atoms with Crippen molar-refractivity contribution in [3.8, 4) is 0 Å². The Morgan fingerprint density at radius 1 is 1.45 bits per heavy atom. The Morgan fingerprint density at radius 2 is 2.14 bits per heavy atom. The van der Waals surface area contributed by atoms with Gasteiger partial charge in [-0.05, 0) is 18.9 Å². The van der Waals surface area contributed by atoms with Gasteiger partial charge < -0.3 is 10.2 Å². The zero-order valence-electron chi connectivity index (χ0n) is 12.8. The number of carbonyl (C=O) groups excluding carboxylic acids is 1. The first kappa shape index (κ1) is 16.6. The third kappa shape index (κ3) is 4.63. The van der Waals surface area contributed by atoms with Crippen molar-refractivity contribution in [3.05, 3.63) is 18.5 Å². The Morgan fingerprint density at radius 3 is 2.77 bits per heavy atom. The van der Waals surface area contributed by atoms with E-state index in [2.05, 4.69) is 15.3 Å². The number of rotatable bonds is 5. The van der Waals surface area contributed by atoms with Crippen LogP contribution in [0.2, 0.25) is 0 Å². The molecule has 122 valence electrons. The van der Waals surface area contributed by atoms with E-state index in [0.29, 0.717) is 12.5 Å². The Labute approximate surface area is 130 Å². The predicted molar refractivity (Wildman–Crippen MR) is 82.9 cm³/mol. The molecule has 1 aliphatic heterocycles. The second-order valence-electron chi connectivity index (χ2n) is 5.42. The van der Waals surface area contributed by atoms with Crippen LogP contribution in [-0.4, -0.2) is 67.6 Å². The van der Waals surface area contributed by atoms with Gasteiger partial charge in [-0.2, -0.15) is 4.31 Å². The standard InChI is InChI=1S/C13H21N5O3S/c1-17(22(2,20)21)10-12(19)16-11-5-3-8-18(9-11)13-14-6-4-7-15-13/h4,6-7,11H,3,5,8-10H2,1-2H3,(H,16,19)/t11-/m1/s1. The van der Waals surface area contributed by atoms with E-state index in [-0.39, 0.29) is 18.5 Å². The van der Waals surface area contributed by atoms with Crippen LogP contribution in [0.1, 0.15) is 12.8 Å². The normalized spacial score (nSPS) is 19.2. The number of sulfonamides is 1. The Hall–Kier alpha value is -1.74. The van der Waals surface area contributed by atoms with Gasteiger partial charge in [-0.25, -0.2) is 18.4 Å². The number of hydrogen-bond donors (Lipinski definition) is 1. The number of nitrogens with one attached hydrogen (secondary N) is 1. The molecule has 1 saturated heterocycles. The van der Waals surface area contributed by atoms with Crippen LogP contribution in [0.25, 0.3) is 0 Å². The summed E-state index contributed by atoms with van der Waals surface area (Å²) in [7, 11) is -1.96. The minimum absolute atomic E-state index is 0.0296. The second-order valence-corrected chi connectivity index (χ2v) is 7.51. The molecule has 0 aromatic carbocycles. The van der Waals surface area contributed by atoms with Crippen LogP contribution in [0.5, 0.6) is 0 Å². The van der Waals surface area contributed by atoms with Crippen molar-refractivity contribution in [1.82, 2.24) is 19.6 Å². The topological polar surface area (TPSA) is 95.5 Å². The maximum atomic E-state index is 11.9. The van der Waals surface area contributed by atoms with Gasteiger partial charge >= 0.3 is 0 Å². The van der Waals surface area contributed by atoms with E-state index < -0.39 is 10.0 Å². The van der Waals surface area contributed by atoms with Crippen molar-refractivity contribution < 1.29 is 13.2 Å². The molecule has 1 fully saturated rings. The van der Waals surface area contributed by atoms with Crippen molar-refractivity contribution in [2.24, 2.45) is 0 Å². The molecule has 1 atom stereocenters. The molecule has 0 spiro atoms. The first-order chi connectivity index (χ1) is 10.4. The molecule has 2 rings (SSSR count). The molecule has 2 heterocycles. The molecule has 0 radical (unpaired) electrons. The summed E-state index contributed by atoms with van der Waals surface area (Å²) in [4.78, 5) is 22.4. The molecule has 1 N–H and O–H groups in total. The van der Waals surface area contributed by atoms with Gasteiger partial charge in [0, 0.05) is 38.6 Å². The molecular weight excluding hydrogens is 306 g/mol. The fraction of sp³-hybridized carbons (Fsp3) is 0.615.